The van der Waals surface area contributed by atoms with Crippen molar-refractivity contribution in [3.63, 3.8) is 0 Å². The third-order valence-corrected chi connectivity index (χ3v) is 7.85. The molecule has 2 fully saturated rings. The van der Waals surface area contributed by atoms with Gasteiger partial charge < -0.3 is 25.5 Å². The van der Waals surface area contributed by atoms with Gasteiger partial charge in [0.25, 0.3) is 0 Å². The zero-order valence-corrected chi connectivity index (χ0v) is 21.3. The van der Waals surface area contributed by atoms with Crippen LogP contribution in [0.4, 0.5) is 10.1 Å². The Labute approximate surface area is 220 Å². The first-order valence-electron chi connectivity index (χ1n) is 13.6. The maximum Gasteiger partial charge on any atom is 0.124 e. The minimum absolute atomic E-state index is 0.231. The van der Waals surface area contributed by atoms with Crippen molar-refractivity contribution >= 4 is 27.8 Å². The normalized spacial score (nSPS) is 19.6. The van der Waals surface area contributed by atoms with E-state index in [2.05, 4.69) is 61.9 Å². The summed E-state index contributed by atoms with van der Waals surface area (Å²) in [7, 11) is 0. The van der Waals surface area contributed by atoms with Crippen molar-refractivity contribution in [3.8, 4) is 0 Å². The van der Waals surface area contributed by atoms with Gasteiger partial charge in [-0.1, -0.05) is 12.1 Å². The van der Waals surface area contributed by atoms with Gasteiger partial charge in [0.1, 0.15) is 17.5 Å². The number of rotatable bonds is 7. The summed E-state index contributed by atoms with van der Waals surface area (Å²) in [5.41, 5.74) is 7.38. The molecule has 2 aliphatic rings. The fourth-order valence-corrected chi connectivity index (χ4v) is 5.84. The summed E-state index contributed by atoms with van der Waals surface area (Å²) >= 11 is 0. The van der Waals surface area contributed by atoms with Crippen LogP contribution in [0.1, 0.15) is 60.5 Å². The molecule has 0 saturated carbocycles. The number of nitrogens with one attached hydrogen (secondary N) is 4. The van der Waals surface area contributed by atoms with Gasteiger partial charge in [0.15, 0.2) is 0 Å². The van der Waals surface area contributed by atoms with Gasteiger partial charge in [0.2, 0.25) is 0 Å². The summed E-state index contributed by atoms with van der Waals surface area (Å²) in [6, 6.07) is 20.2. The number of aromatic nitrogens is 4. The van der Waals surface area contributed by atoms with E-state index in [1.807, 2.05) is 12.1 Å². The molecule has 0 spiro atoms. The number of nitrogens with zero attached hydrogens (tertiary/aromatic N) is 3. The molecule has 0 radical (unpaired) electrons. The highest BCUT2D eigenvalue weighted by atomic mass is 19.1. The van der Waals surface area contributed by atoms with Crippen molar-refractivity contribution in [1.82, 2.24) is 30.6 Å². The average Bonchev–Trinajstić information content (AvgIpc) is 3.73. The van der Waals surface area contributed by atoms with Crippen molar-refractivity contribution in [2.75, 3.05) is 18.0 Å². The number of halogens is 1. The van der Waals surface area contributed by atoms with Crippen molar-refractivity contribution in [2.24, 2.45) is 0 Å². The minimum Gasteiger partial charge on any atom is -0.363 e. The SMILES string of the molecule is Fc1ccc(N(Cc2ccc3[nH]c([C@@H]4CCCN4)nc3c2)Cc2ccc3[nH]c([C@@H]4CCCN4)nc3c2)cc1. The van der Waals surface area contributed by atoms with Crippen LogP contribution < -0.4 is 15.5 Å². The molecular formula is C30H32FN7. The predicted octanol–water partition coefficient (Wildman–Crippen LogP) is 5.63. The van der Waals surface area contributed by atoms with Crippen LogP contribution in [0.25, 0.3) is 22.1 Å². The molecule has 0 bridgehead atoms. The van der Waals surface area contributed by atoms with Gasteiger partial charge in [-0.3, -0.25) is 0 Å². The zero-order valence-electron chi connectivity index (χ0n) is 21.3. The van der Waals surface area contributed by atoms with Gasteiger partial charge >= 0.3 is 0 Å². The zero-order chi connectivity index (χ0) is 25.5. The fourth-order valence-electron chi connectivity index (χ4n) is 5.84. The van der Waals surface area contributed by atoms with Gasteiger partial charge in [0.05, 0.1) is 34.2 Å². The average molecular weight is 510 g/mol. The smallest absolute Gasteiger partial charge is 0.124 e. The minimum atomic E-state index is -0.231. The third kappa shape index (κ3) is 4.66. The standard InChI is InChI=1S/C30H32FN7/c31-21-7-9-22(10-8-21)38(17-19-5-11-23-27(15-19)36-29(34-23)25-3-1-13-32-25)18-20-6-12-24-28(16-20)37-30(35-24)26-4-2-14-33-26/h5-12,15-16,25-26,32-33H,1-4,13-14,17-18H2,(H,34,36)(H,35,37)/t25-,26-/m0/s1. The Morgan fingerprint density at radius 1 is 0.711 bits per heavy atom. The summed E-state index contributed by atoms with van der Waals surface area (Å²) in [5.74, 6) is 1.81. The highest BCUT2D eigenvalue weighted by Gasteiger charge is 2.21. The second kappa shape index (κ2) is 9.85. The van der Waals surface area contributed by atoms with E-state index in [0.29, 0.717) is 25.2 Å². The van der Waals surface area contributed by atoms with Crippen LogP contribution in [0.3, 0.4) is 0 Å². The van der Waals surface area contributed by atoms with Crippen molar-refractivity contribution in [1.29, 1.82) is 0 Å². The molecule has 7 nitrogen and oxygen atoms in total. The maximum absolute atomic E-state index is 13.8. The monoisotopic (exact) mass is 509 g/mol. The molecule has 38 heavy (non-hydrogen) atoms. The number of hydrogen-bond acceptors (Lipinski definition) is 5. The van der Waals surface area contributed by atoms with Gasteiger partial charge in [-0.05, 0) is 98.4 Å². The number of benzene rings is 3. The second-order valence-corrected chi connectivity index (χ2v) is 10.6. The van der Waals surface area contributed by atoms with E-state index in [1.54, 1.807) is 0 Å². The maximum atomic E-state index is 13.8. The Kier molecular flexibility index (Phi) is 6.06. The Balaban J connectivity index is 1.17. The molecule has 0 amide bonds. The first-order valence-corrected chi connectivity index (χ1v) is 13.6. The fraction of sp³-hybridized carbons (Fsp3) is 0.333. The highest BCUT2D eigenvalue weighted by Crippen LogP contribution is 2.27. The topological polar surface area (TPSA) is 84.7 Å². The lowest BCUT2D eigenvalue weighted by Gasteiger charge is -2.25. The van der Waals surface area contributed by atoms with Crippen molar-refractivity contribution < 1.29 is 4.39 Å². The van der Waals surface area contributed by atoms with Crippen molar-refractivity contribution in [2.45, 2.75) is 50.9 Å². The number of imidazole rings is 2. The number of fused-ring (bicyclic) bond motifs is 2. The van der Waals surface area contributed by atoms with Crippen LogP contribution in [-0.4, -0.2) is 33.0 Å². The highest BCUT2D eigenvalue weighted by molar-refractivity contribution is 5.77. The molecule has 4 N–H and O–H groups in total. The van der Waals surface area contributed by atoms with E-state index in [9.17, 15) is 4.39 Å². The summed E-state index contributed by atoms with van der Waals surface area (Å²) < 4.78 is 13.8. The van der Waals surface area contributed by atoms with E-state index in [0.717, 1.165) is 76.5 Å². The Hall–Kier alpha value is -3.75. The molecule has 0 aliphatic carbocycles. The molecule has 2 aromatic heterocycles. The van der Waals surface area contributed by atoms with E-state index in [1.165, 1.54) is 25.0 Å². The van der Waals surface area contributed by atoms with Gasteiger partial charge in [0, 0.05) is 18.8 Å². The number of anilines is 1. The van der Waals surface area contributed by atoms with Gasteiger partial charge in [-0.2, -0.15) is 0 Å². The Bertz CT molecular complexity index is 1460. The molecule has 7 rings (SSSR count). The summed E-state index contributed by atoms with van der Waals surface area (Å²) in [4.78, 5) is 19.1. The van der Waals surface area contributed by atoms with Crippen LogP contribution in [0.2, 0.25) is 0 Å². The summed E-state index contributed by atoms with van der Waals surface area (Å²) in [5, 5.41) is 7.04. The first-order chi connectivity index (χ1) is 18.7. The number of hydrogen-bond donors (Lipinski definition) is 4. The van der Waals surface area contributed by atoms with E-state index < -0.39 is 0 Å². The third-order valence-electron chi connectivity index (χ3n) is 7.85. The van der Waals surface area contributed by atoms with Crippen LogP contribution in [0, 0.1) is 5.82 Å². The molecule has 0 unspecified atom stereocenters. The molecule has 194 valence electrons. The van der Waals surface area contributed by atoms with Crippen LogP contribution in [0.15, 0.2) is 60.7 Å². The molecule has 2 saturated heterocycles. The van der Waals surface area contributed by atoms with Gasteiger partial charge in [-0.25, -0.2) is 14.4 Å². The molecule has 2 aliphatic heterocycles. The Morgan fingerprint density at radius 3 is 1.71 bits per heavy atom. The molecular weight excluding hydrogens is 477 g/mol. The van der Waals surface area contributed by atoms with Crippen molar-refractivity contribution in [3.05, 3.63) is 89.3 Å². The Morgan fingerprint density at radius 2 is 1.24 bits per heavy atom. The summed E-state index contributed by atoms with van der Waals surface area (Å²) in [6.07, 6.45) is 4.60. The molecule has 8 heteroatoms. The first kappa shape index (κ1) is 23.4. The van der Waals surface area contributed by atoms with Gasteiger partial charge in [-0.15, -0.1) is 0 Å². The quantitative estimate of drug-likeness (QED) is 0.228. The van der Waals surface area contributed by atoms with Crippen LogP contribution in [0.5, 0.6) is 0 Å². The van der Waals surface area contributed by atoms with Crippen LogP contribution in [-0.2, 0) is 13.1 Å². The molecule has 2 atom stereocenters. The molecule has 4 heterocycles. The molecule has 3 aromatic carbocycles. The lowest BCUT2D eigenvalue weighted by Crippen LogP contribution is -2.22. The summed E-state index contributed by atoms with van der Waals surface area (Å²) in [6.45, 7) is 3.45. The molecule has 5 aromatic rings. The largest absolute Gasteiger partial charge is 0.363 e. The predicted molar refractivity (Wildman–Crippen MR) is 148 cm³/mol. The second-order valence-electron chi connectivity index (χ2n) is 10.6. The lowest BCUT2D eigenvalue weighted by molar-refractivity contribution is 0.614. The van der Waals surface area contributed by atoms with E-state index >= 15 is 0 Å². The lowest BCUT2D eigenvalue weighted by atomic mass is 10.1. The van der Waals surface area contributed by atoms with E-state index in [4.69, 9.17) is 9.97 Å². The van der Waals surface area contributed by atoms with Crippen LogP contribution >= 0.6 is 0 Å². The number of aromatic amines is 2. The van der Waals surface area contributed by atoms with E-state index in [-0.39, 0.29) is 5.82 Å². The number of H-pyrrole nitrogens is 2.